The van der Waals surface area contributed by atoms with E-state index in [1.807, 2.05) is 19.1 Å². The summed E-state index contributed by atoms with van der Waals surface area (Å²) in [5.41, 5.74) is 2.39. The van der Waals surface area contributed by atoms with Crippen molar-refractivity contribution in [2.45, 2.75) is 32.1 Å². The zero-order chi connectivity index (χ0) is 16.0. The van der Waals surface area contributed by atoms with Gasteiger partial charge < -0.3 is 5.32 Å². The summed E-state index contributed by atoms with van der Waals surface area (Å²) in [6.45, 7) is 5.61. The monoisotopic (exact) mass is 308 g/mol. The van der Waals surface area contributed by atoms with Gasteiger partial charge in [-0.2, -0.15) is 0 Å². The highest BCUT2D eigenvalue weighted by molar-refractivity contribution is 7.89. The van der Waals surface area contributed by atoms with Crippen molar-refractivity contribution in [1.29, 1.82) is 0 Å². The van der Waals surface area contributed by atoms with E-state index in [2.05, 4.69) is 16.0 Å². The lowest BCUT2D eigenvalue weighted by Gasteiger charge is -2.13. The molecular weight excluding hydrogens is 288 g/mol. The number of hydrogen-bond donors (Lipinski definition) is 2. The number of terminal acetylenes is 1. The lowest BCUT2D eigenvalue weighted by molar-refractivity contribution is -0.120. The normalized spacial score (nSPS) is 11.0. The molecule has 0 bridgehead atoms. The molecule has 21 heavy (non-hydrogen) atoms. The number of amides is 1. The molecule has 0 unspecified atom stereocenters. The molecule has 0 aliphatic rings. The van der Waals surface area contributed by atoms with Gasteiger partial charge in [-0.05, 0) is 31.9 Å². The second kappa shape index (κ2) is 7.25. The molecule has 0 spiro atoms. The lowest BCUT2D eigenvalue weighted by Crippen LogP contribution is -2.31. The molecule has 5 nitrogen and oxygen atoms in total. The third kappa shape index (κ3) is 4.88. The summed E-state index contributed by atoms with van der Waals surface area (Å²) in [7, 11) is -3.62. The Balaban J connectivity index is 2.76. The summed E-state index contributed by atoms with van der Waals surface area (Å²) in [4.78, 5) is 11.6. The highest BCUT2D eigenvalue weighted by Crippen LogP contribution is 2.21. The van der Waals surface area contributed by atoms with Crippen LogP contribution in [0.15, 0.2) is 17.0 Å². The first kappa shape index (κ1) is 17.2. The molecule has 0 saturated carbocycles. The number of nitrogens with one attached hydrogen (secondary N) is 2. The summed E-state index contributed by atoms with van der Waals surface area (Å²) in [5.74, 6) is 2.00. The first-order valence-corrected chi connectivity index (χ1v) is 8.04. The van der Waals surface area contributed by atoms with Gasteiger partial charge in [0.05, 0.1) is 11.4 Å². The zero-order valence-corrected chi connectivity index (χ0v) is 13.3. The van der Waals surface area contributed by atoms with E-state index in [-0.39, 0.29) is 30.3 Å². The molecule has 0 fully saturated rings. The van der Waals surface area contributed by atoms with Gasteiger partial charge in [0, 0.05) is 13.0 Å². The van der Waals surface area contributed by atoms with E-state index >= 15 is 0 Å². The fourth-order valence-electron chi connectivity index (χ4n) is 2.20. The van der Waals surface area contributed by atoms with Crippen molar-refractivity contribution in [2.24, 2.45) is 0 Å². The van der Waals surface area contributed by atoms with Crippen LogP contribution in [0.1, 0.15) is 23.1 Å². The molecule has 114 valence electrons. The highest BCUT2D eigenvalue weighted by Gasteiger charge is 2.19. The van der Waals surface area contributed by atoms with E-state index in [0.717, 1.165) is 5.56 Å². The van der Waals surface area contributed by atoms with Crippen LogP contribution >= 0.6 is 0 Å². The van der Waals surface area contributed by atoms with Gasteiger partial charge in [0.25, 0.3) is 0 Å². The molecule has 1 rings (SSSR count). The SMILES string of the molecule is C#CCNC(=O)CCNS(=O)(=O)c1c(C)cc(C)cc1C. The van der Waals surface area contributed by atoms with Crippen molar-refractivity contribution in [1.82, 2.24) is 10.0 Å². The number of sulfonamides is 1. The number of hydrogen-bond acceptors (Lipinski definition) is 3. The molecular formula is C15H20N2O3S. The Morgan fingerprint density at radius 1 is 1.24 bits per heavy atom. The second-order valence-corrected chi connectivity index (χ2v) is 6.56. The summed E-state index contributed by atoms with van der Waals surface area (Å²) < 4.78 is 27.1. The van der Waals surface area contributed by atoms with Crippen LogP contribution in [0.25, 0.3) is 0 Å². The first-order chi connectivity index (χ1) is 9.77. The van der Waals surface area contributed by atoms with Crippen LogP contribution in [0.5, 0.6) is 0 Å². The molecule has 0 heterocycles. The van der Waals surface area contributed by atoms with Crippen LogP contribution in [0.4, 0.5) is 0 Å². The number of aryl methyl sites for hydroxylation is 3. The molecule has 1 aromatic rings. The summed E-state index contributed by atoms with van der Waals surface area (Å²) in [6.07, 6.45) is 5.07. The number of carbonyl (C=O) groups excluding carboxylic acids is 1. The topological polar surface area (TPSA) is 75.3 Å². The molecule has 0 aliphatic heterocycles. The van der Waals surface area contributed by atoms with Crippen molar-refractivity contribution in [3.8, 4) is 12.3 Å². The Morgan fingerprint density at radius 3 is 2.33 bits per heavy atom. The third-order valence-corrected chi connectivity index (χ3v) is 4.67. The van der Waals surface area contributed by atoms with Gasteiger partial charge in [-0.15, -0.1) is 6.42 Å². The Labute approximate surface area is 126 Å². The van der Waals surface area contributed by atoms with E-state index < -0.39 is 10.0 Å². The molecule has 0 saturated heterocycles. The van der Waals surface area contributed by atoms with E-state index in [0.29, 0.717) is 11.1 Å². The van der Waals surface area contributed by atoms with E-state index in [1.54, 1.807) is 13.8 Å². The lowest BCUT2D eigenvalue weighted by atomic mass is 10.1. The van der Waals surface area contributed by atoms with Crippen molar-refractivity contribution < 1.29 is 13.2 Å². The smallest absolute Gasteiger partial charge is 0.241 e. The molecule has 6 heteroatoms. The average molecular weight is 308 g/mol. The number of carbonyl (C=O) groups is 1. The van der Waals surface area contributed by atoms with E-state index in [1.165, 1.54) is 0 Å². The van der Waals surface area contributed by atoms with Crippen molar-refractivity contribution in [2.75, 3.05) is 13.1 Å². The molecule has 1 amide bonds. The fourth-order valence-corrected chi connectivity index (χ4v) is 3.68. The Morgan fingerprint density at radius 2 is 1.81 bits per heavy atom. The molecule has 0 atom stereocenters. The molecule has 0 radical (unpaired) electrons. The number of rotatable bonds is 6. The molecule has 1 aromatic carbocycles. The standard InChI is InChI=1S/C15H20N2O3S/c1-5-7-16-14(18)6-8-17-21(19,20)15-12(3)9-11(2)10-13(15)4/h1,9-10,17H,6-8H2,2-4H3,(H,16,18). The summed E-state index contributed by atoms with van der Waals surface area (Å²) in [6, 6.07) is 3.64. The minimum absolute atomic E-state index is 0.0332. The van der Waals surface area contributed by atoms with Gasteiger partial charge >= 0.3 is 0 Å². The zero-order valence-electron chi connectivity index (χ0n) is 12.5. The van der Waals surface area contributed by atoms with Gasteiger partial charge in [-0.25, -0.2) is 13.1 Å². The quantitative estimate of drug-likeness (QED) is 0.771. The Kier molecular flexibility index (Phi) is 5.94. The molecule has 0 aliphatic carbocycles. The van der Waals surface area contributed by atoms with Crippen LogP contribution < -0.4 is 10.0 Å². The van der Waals surface area contributed by atoms with Crippen LogP contribution in [-0.4, -0.2) is 27.4 Å². The molecule has 2 N–H and O–H groups in total. The van der Waals surface area contributed by atoms with Gasteiger partial charge in [0.2, 0.25) is 15.9 Å². The second-order valence-electron chi connectivity index (χ2n) is 4.86. The van der Waals surface area contributed by atoms with Crippen LogP contribution in [-0.2, 0) is 14.8 Å². The maximum Gasteiger partial charge on any atom is 0.241 e. The van der Waals surface area contributed by atoms with Crippen molar-refractivity contribution >= 4 is 15.9 Å². The predicted molar refractivity (Wildman–Crippen MR) is 82.3 cm³/mol. The highest BCUT2D eigenvalue weighted by atomic mass is 32.2. The summed E-state index contributed by atoms with van der Waals surface area (Å²) in [5, 5.41) is 2.48. The third-order valence-electron chi connectivity index (χ3n) is 2.91. The minimum atomic E-state index is -3.62. The van der Waals surface area contributed by atoms with Gasteiger partial charge in [0.15, 0.2) is 0 Å². The van der Waals surface area contributed by atoms with Gasteiger partial charge in [0.1, 0.15) is 0 Å². The Hall–Kier alpha value is -1.84. The number of benzene rings is 1. The fraction of sp³-hybridized carbons (Fsp3) is 0.400. The predicted octanol–water partition coefficient (Wildman–Crippen LogP) is 1.03. The van der Waals surface area contributed by atoms with Gasteiger partial charge in [-0.1, -0.05) is 23.6 Å². The average Bonchev–Trinajstić information content (AvgIpc) is 2.34. The van der Waals surface area contributed by atoms with Crippen LogP contribution in [0.2, 0.25) is 0 Å². The Bertz CT molecular complexity index is 650. The maximum absolute atomic E-state index is 12.3. The van der Waals surface area contributed by atoms with Crippen LogP contribution in [0.3, 0.4) is 0 Å². The summed E-state index contributed by atoms with van der Waals surface area (Å²) >= 11 is 0. The van der Waals surface area contributed by atoms with Gasteiger partial charge in [-0.3, -0.25) is 4.79 Å². The van der Waals surface area contributed by atoms with E-state index in [4.69, 9.17) is 6.42 Å². The van der Waals surface area contributed by atoms with Crippen molar-refractivity contribution in [3.05, 3.63) is 28.8 Å². The van der Waals surface area contributed by atoms with E-state index in [9.17, 15) is 13.2 Å². The maximum atomic E-state index is 12.3. The van der Waals surface area contributed by atoms with Crippen LogP contribution in [0, 0.1) is 33.1 Å². The van der Waals surface area contributed by atoms with Crippen molar-refractivity contribution in [3.63, 3.8) is 0 Å². The minimum Gasteiger partial charge on any atom is -0.345 e. The largest absolute Gasteiger partial charge is 0.345 e. The molecule has 0 aromatic heterocycles. The first-order valence-electron chi connectivity index (χ1n) is 6.55.